The minimum absolute atomic E-state index is 0.136. The summed E-state index contributed by atoms with van der Waals surface area (Å²) in [7, 11) is 0. The van der Waals surface area contributed by atoms with Gasteiger partial charge in [0.05, 0.1) is 11.3 Å². The Kier molecular flexibility index (Phi) is 4.41. The Morgan fingerprint density at radius 1 is 1.07 bits per heavy atom. The Balaban J connectivity index is 1.64. The Bertz CT molecular complexity index is 1040. The fraction of sp³-hybridized carbons (Fsp3) is 0.200. The van der Waals surface area contributed by atoms with Crippen LogP contribution in [-0.2, 0) is 12.6 Å². The van der Waals surface area contributed by atoms with E-state index >= 15 is 0 Å². The van der Waals surface area contributed by atoms with Crippen LogP contribution in [-0.4, -0.2) is 22.2 Å². The van der Waals surface area contributed by atoms with Gasteiger partial charge in [0.25, 0.3) is 5.91 Å². The number of alkyl halides is 3. The molecule has 1 aliphatic rings. The lowest BCUT2D eigenvalue weighted by Crippen LogP contribution is -2.36. The fourth-order valence-electron chi connectivity index (χ4n) is 3.32. The molecule has 0 unspecified atom stereocenters. The molecule has 4 rings (SSSR count). The molecular formula is C20H15F4N3O. The summed E-state index contributed by atoms with van der Waals surface area (Å²) in [6, 6.07) is 10.7. The van der Waals surface area contributed by atoms with E-state index in [1.807, 2.05) is 0 Å². The van der Waals surface area contributed by atoms with E-state index in [4.69, 9.17) is 0 Å². The number of aryl methyl sites for hydroxylation is 1. The molecule has 0 atom stereocenters. The van der Waals surface area contributed by atoms with Gasteiger partial charge in [0.2, 0.25) is 0 Å². The van der Waals surface area contributed by atoms with Crippen LogP contribution in [0, 0.1) is 5.82 Å². The zero-order chi connectivity index (χ0) is 19.9. The van der Waals surface area contributed by atoms with Gasteiger partial charge in [0, 0.05) is 18.4 Å². The van der Waals surface area contributed by atoms with Crippen molar-refractivity contribution >= 4 is 11.6 Å². The van der Waals surface area contributed by atoms with E-state index in [0.29, 0.717) is 36.3 Å². The summed E-state index contributed by atoms with van der Waals surface area (Å²) in [4.78, 5) is 14.4. The van der Waals surface area contributed by atoms with Crippen LogP contribution in [0.5, 0.6) is 0 Å². The summed E-state index contributed by atoms with van der Waals surface area (Å²) >= 11 is 0. The summed E-state index contributed by atoms with van der Waals surface area (Å²) in [6.45, 7) is 0.393. The molecule has 4 nitrogen and oxygen atoms in total. The molecule has 3 aromatic rings. The van der Waals surface area contributed by atoms with Gasteiger partial charge in [0.1, 0.15) is 5.82 Å². The first-order valence-corrected chi connectivity index (χ1v) is 8.66. The summed E-state index contributed by atoms with van der Waals surface area (Å²) in [6.07, 6.45) is -1.85. The molecule has 0 spiro atoms. The summed E-state index contributed by atoms with van der Waals surface area (Å²) in [5.74, 6) is -0.831. The Labute approximate surface area is 158 Å². The van der Waals surface area contributed by atoms with E-state index in [1.165, 1.54) is 39.9 Å². The van der Waals surface area contributed by atoms with Crippen LogP contribution in [0.4, 0.5) is 23.2 Å². The zero-order valence-corrected chi connectivity index (χ0v) is 14.6. The number of carbonyl (C=O) groups excluding carboxylic acids is 1. The number of nitrogens with zero attached hydrogens (tertiary/aromatic N) is 3. The van der Waals surface area contributed by atoms with Crippen LogP contribution in [0.3, 0.4) is 0 Å². The first kappa shape index (κ1) is 18.2. The second kappa shape index (κ2) is 6.78. The Morgan fingerprint density at radius 2 is 1.89 bits per heavy atom. The molecule has 144 valence electrons. The Morgan fingerprint density at radius 3 is 2.64 bits per heavy atom. The normalized spacial score (nSPS) is 14.1. The van der Waals surface area contributed by atoms with Crippen LogP contribution in [0.2, 0.25) is 0 Å². The van der Waals surface area contributed by atoms with Crippen molar-refractivity contribution < 1.29 is 22.4 Å². The van der Waals surface area contributed by atoms with Crippen molar-refractivity contribution in [2.24, 2.45) is 0 Å². The maximum atomic E-state index is 13.4. The number of hydrogen-bond acceptors (Lipinski definition) is 2. The molecule has 1 amide bonds. The quantitative estimate of drug-likeness (QED) is 0.600. The van der Waals surface area contributed by atoms with Crippen molar-refractivity contribution in [2.75, 3.05) is 11.4 Å². The molecule has 2 heterocycles. The topological polar surface area (TPSA) is 38.1 Å². The molecule has 8 heteroatoms. The average molecular weight is 389 g/mol. The molecule has 28 heavy (non-hydrogen) atoms. The van der Waals surface area contributed by atoms with Crippen molar-refractivity contribution in [1.82, 2.24) is 9.78 Å². The van der Waals surface area contributed by atoms with Crippen LogP contribution in [0.1, 0.15) is 28.0 Å². The largest absolute Gasteiger partial charge is 0.416 e. The summed E-state index contributed by atoms with van der Waals surface area (Å²) in [5.41, 5.74) is 0.824. The lowest BCUT2D eigenvalue weighted by atomic mass is 9.98. The minimum Gasteiger partial charge on any atom is -0.307 e. The second-order valence-corrected chi connectivity index (χ2v) is 6.53. The minimum atomic E-state index is -4.43. The second-order valence-electron chi connectivity index (χ2n) is 6.53. The lowest BCUT2D eigenvalue weighted by Gasteiger charge is -2.29. The van der Waals surface area contributed by atoms with Gasteiger partial charge in [0.15, 0.2) is 5.69 Å². The van der Waals surface area contributed by atoms with Gasteiger partial charge in [-0.1, -0.05) is 6.07 Å². The van der Waals surface area contributed by atoms with Gasteiger partial charge >= 0.3 is 6.18 Å². The van der Waals surface area contributed by atoms with Gasteiger partial charge in [-0.25, -0.2) is 9.07 Å². The molecule has 2 aromatic carbocycles. The smallest absolute Gasteiger partial charge is 0.307 e. The summed E-state index contributed by atoms with van der Waals surface area (Å²) in [5, 5.41) is 4.21. The van der Waals surface area contributed by atoms with Gasteiger partial charge < -0.3 is 4.90 Å². The average Bonchev–Trinajstić information content (AvgIpc) is 3.16. The van der Waals surface area contributed by atoms with Crippen LogP contribution < -0.4 is 4.90 Å². The summed E-state index contributed by atoms with van der Waals surface area (Å²) < 4.78 is 53.6. The molecule has 0 radical (unpaired) electrons. The number of aromatic nitrogens is 2. The van der Waals surface area contributed by atoms with Crippen molar-refractivity contribution in [2.45, 2.75) is 19.0 Å². The zero-order valence-electron chi connectivity index (χ0n) is 14.6. The molecular weight excluding hydrogens is 374 g/mol. The molecule has 1 aromatic heterocycles. The molecule has 0 bridgehead atoms. The highest BCUT2D eigenvalue weighted by Gasteiger charge is 2.33. The van der Waals surface area contributed by atoms with Crippen molar-refractivity contribution in [1.29, 1.82) is 0 Å². The first-order valence-electron chi connectivity index (χ1n) is 8.66. The molecule has 1 aliphatic heterocycles. The van der Waals surface area contributed by atoms with Gasteiger partial charge in [-0.15, -0.1) is 0 Å². The van der Waals surface area contributed by atoms with Crippen molar-refractivity contribution in [3.8, 4) is 5.69 Å². The molecule has 0 aliphatic carbocycles. The maximum absolute atomic E-state index is 13.4. The van der Waals surface area contributed by atoms with Crippen molar-refractivity contribution in [3.63, 3.8) is 0 Å². The fourth-order valence-corrected chi connectivity index (χ4v) is 3.32. The maximum Gasteiger partial charge on any atom is 0.416 e. The van der Waals surface area contributed by atoms with E-state index in [2.05, 4.69) is 5.10 Å². The third-order valence-electron chi connectivity index (χ3n) is 4.65. The number of rotatable bonds is 2. The Hall–Kier alpha value is -3.16. The van der Waals surface area contributed by atoms with Gasteiger partial charge in [-0.05, 0) is 60.9 Å². The van der Waals surface area contributed by atoms with E-state index in [1.54, 1.807) is 12.3 Å². The highest BCUT2D eigenvalue weighted by Crippen LogP contribution is 2.35. The predicted molar refractivity (Wildman–Crippen MR) is 95.0 cm³/mol. The SMILES string of the molecule is O=C(c1ccn(-c2cccc(F)c2)n1)N1CCCc2cc(C(F)(F)F)ccc21. The van der Waals surface area contributed by atoms with Crippen LogP contribution >= 0.6 is 0 Å². The van der Waals surface area contributed by atoms with E-state index in [0.717, 1.165) is 12.1 Å². The van der Waals surface area contributed by atoms with E-state index in [-0.39, 0.29) is 5.69 Å². The number of hydrogen-bond donors (Lipinski definition) is 0. The number of halogens is 4. The number of anilines is 1. The van der Waals surface area contributed by atoms with Crippen molar-refractivity contribution in [3.05, 3.63) is 77.4 Å². The number of benzene rings is 2. The van der Waals surface area contributed by atoms with Crippen LogP contribution in [0.25, 0.3) is 5.69 Å². The standard InChI is InChI=1S/C20H15F4N3O/c21-15-4-1-5-16(12-15)27-10-8-17(25-27)19(28)26-9-2-3-13-11-14(20(22,23)24)6-7-18(13)26/h1,4-8,10-12H,2-3,9H2. The third-order valence-corrected chi connectivity index (χ3v) is 4.65. The van der Waals surface area contributed by atoms with Gasteiger partial charge in [-0.2, -0.15) is 18.3 Å². The van der Waals surface area contributed by atoms with Gasteiger partial charge in [-0.3, -0.25) is 4.79 Å². The number of carbonyl (C=O) groups is 1. The van der Waals surface area contributed by atoms with Crippen LogP contribution in [0.15, 0.2) is 54.7 Å². The monoisotopic (exact) mass is 389 g/mol. The molecule has 0 N–H and O–H groups in total. The number of fused-ring (bicyclic) bond motifs is 1. The van der Waals surface area contributed by atoms with E-state index in [9.17, 15) is 22.4 Å². The molecule has 0 saturated heterocycles. The van der Waals surface area contributed by atoms with E-state index < -0.39 is 23.5 Å². The number of amides is 1. The molecule has 0 saturated carbocycles. The first-order chi connectivity index (χ1) is 13.3. The third kappa shape index (κ3) is 3.37. The lowest BCUT2D eigenvalue weighted by molar-refractivity contribution is -0.137. The highest BCUT2D eigenvalue weighted by molar-refractivity contribution is 6.05. The molecule has 0 fully saturated rings. The predicted octanol–water partition coefficient (Wildman–Crippen LogP) is 4.62. The highest BCUT2D eigenvalue weighted by atomic mass is 19.4.